The quantitative estimate of drug-likeness (QED) is 0.804. The molecule has 1 aromatic heterocycles. The van der Waals surface area contributed by atoms with E-state index in [9.17, 15) is 8.42 Å². The molecule has 0 atom stereocenters. The van der Waals surface area contributed by atoms with Crippen LogP contribution in [0.5, 0.6) is 0 Å². The Labute approximate surface area is 127 Å². The topological polar surface area (TPSA) is 59.1 Å². The number of fused-ring (bicyclic) bond motifs is 1. The van der Waals surface area contributed by atoms with Gasteiger partial charge in [0.1, 0.15) is 0 Å². The van der Waals surface area contributed by atoms with Gasteiger partial charge in [-0.2, -0.15) is 0 Å². The number of hydrogen-bond acceptors (Lipinski definition) is 4. The van der Waals surface area contributed by atoms with E-state index in [0.29, 0.717) is 4.90 Å². The lowest BCUT2D eigenvalue weighted by atomic mass is 10.1. The summed E-state index contributed by atoms with van der Waals surface area (Å²) in [4.78, 5) is 4.56. The van der Waals surface area contributed by atoms with Crippen molar-refractivity contribution in [3.8, 4) is 0 Å². The number of hydrogen-bond donors (Lipinski definition) is 1. The van der Waals surface area contributed by atoms with Crippen molar-refractivity contribution in [2.45, 2.75) is 18.4 Å². The molecule has 0 aliphatic heterocycles. The second-order valence-electron chi connectivity index (χ2n) is 4.66. The van der Waals surface area contributed by atoms with Gasteiger partial charge in [-0.05, 0) is 18.4 Å². The third-order valence-electron chi connectivity index (χ3n) is 3.15. The first-order chi connectivity index (χ1) is 10.1. The lowest BCUT2D eigenvalue weighted by Gasteiger charge is -2.08. The molecule has 0 amide bonds. The number of nitrogens with one attached hydrogen (secondary N) is 1. The predicted octanol–water partition coefficient (Wildman–Crippen LogP) is 3.08. The van der Waals surface area contributed by atoms with Crippen LogP contribution in [0.4, 0.5) is 0 Å². The molecule has 0 bridgehead atoms. The number of sulfonamides is 1. The van der Waals surface area contributed by atoms with Crippen LogP contribution in [-0.4, -0.2) is 13.4 Å². The number of benzene rings is 2. The van der Waals surface area contributed by atoms with Gasteiger partial charge in [-0.1, -0.05) is 36.4 Å². The van der Waals surface area contributed by atoms with Crippen LogP contribution < -0.4 is 4.72 Å². The minimum atomic E-state index is -3.56. The van der Waals surface area contributed by atoms with E-state index in [1.54, 1.807) is 12.1 Å². The predicted molar refractivity (Wildman–Crippen MR) is 84.8 cm³/mol. The lowest BCUT2D eigenvalue weighted by Crippen LogP contribution is -2.23. The molecular formula is C15H14N2O2S2. The van der Waals surface area contributed by atoms with E-state index in [1.807, 2.05) is 42.6 Å². The van der Waals surface area contributed by atoms with E-state index in [1.165, 1.54) is 11.3 Å². The summed E-state index contributed by atoms with van der Waals surface area (Å²) in [5.41, 5.74) is 0.737. The van der Waals surface area contributed by atoms with Crippen molar-refractivity contribution in [3.63, 3.8) is 0 Å². The van der Waals surface area contributed by atoms with Crippen LogP contribution in [0.3, 0.4) is 0 Å². The zero-order chi connectivity index (χ0) is 14.9. The third kappa shape index (κ3) is 2.97. The minimum Gasteiger partial charge on any atom is -0.245 e. The molecule has 6 heteroatoms. The van der Waals surface area contributed by atoms with Crippen LogP contribution in [0.25, 0.3) is 10.8 Å². The Bertz CT molecular complexity index is 880. The summed E-state index contributed by atoms with van der Waals surface area (Å²) in [5, 5.41) is 4.42. The number of aromatic nitrogens is 1. The monoisotopic (exact) mass is 318 g/mol. The fourth-order valence-corrected chi connectivity index (χ4v) is 4.01. The van der Waals surface area contributed by atoms with Gasteiger partial charge in [0, 0.05) is 10.8 Å². The molecule has 21 heavy (non-hydrogen) atoms. The normalized spacial score (nSPS) is 11.9. The fourth-order valence-electron chi connectivity index (χ4n) is 2.17. The molecule has 3 aromatic rings. The number of nitrogens with zero attached hydrogens (tertiary/aromatic N) is 1. The summed E-state index contributed by atoms with van der Waals surface area (Å²) in [6, 6.07) is 12.7. The molecule has 0 aliphatic rings. The van der Waals surface area contributed by atoms with Crippen LogP contribution in [0.15, 0.2) is 52.7 Å². The molecule has 0 radical (unpaired) electrons. The summed E-state index contributed by atoms with van der Waals surface area (Å²) in [5.74, 6) is 0. The molecule has 0 fully saturated rings. The van der Waals surface area contributed by atoms with Crippen LogP contribution in [0.2, 0.25) is 0 Å². The van der Waals surface area contributed by atoms with Crippen LogP contribution >= 0.6 is 11.3 Å². The smallest absolute Gasteiger partial charge is 0.241 e. The Morgan fingerprint density at radius 3 is 2.67 bits per heavy atom. The molecule has 4 nitrogen and oxygen atoms in total. The molecule has 108 valence electrons. The van der Waals surface area contributed by atoms with Gasteiger partial charge in [-0.15, -0.1) is 11.3 Å². The molecule has 0 aliphatic carbocycles. The summed E-state index contributed by atoms with van der Waals surface area (Å²) >= 11 is 1.51. The van der Waals surface area contributed by atoms with Crippen molar-refractivity contribution in [3.05, 3.63) is 58.5 Å². The van der Waals surface area contributed by atoms with E-state index in [0.717, 1.165) is 21.5 Å². The maximum Gasteiger partial charge on any atom is 0.241 e. The van der Waals surface area contributed by atoms with Gasteiger partial charge >= 0.3 is 0 Å². The van der Waals surface area contributed by atoms with Crippen LogP contribution in [-0.2, 0) is 16.6 Å². The zero-order valence-corrected chi connectivity index (χ0v) is 13.0. The van der Waals surface area contributed by atoms with E-state index in [-0.39, 0.29) is 6.54 Å². The summed E-state index contributed by atoms with van der Waals surface area (Å²) in [6.45, 7) is 2.10. The average molecular weight is 318 g/mol. The van der Waals surface area contributed by atoms with Crippen molar-refractivity contribution in [2.24, 2.45) is 0 Å². The molecule has 0 saturated carbocycles. The molecule has 2 aromatic carbocycles. The van der Waals surface area contributed by atoms with E-state index < -0.39 is 10.0 Å². The molecule has 0 saturated heterocycles. The van der Waals surface area contributed by atoms with Gasteiger partial charge < -0.3 is 0 Å². The highest BCUT2D eigenvalue weighted by Crippen LogP contribution is 2.22. The van der Waals surface area contributed by atoms with Crippen molar-refractivity contribution < 1.29 is 8.42 Å². The van der Waals surface area contributed by atoms with E-state index >= 15 is 0 Å². The Morgan fingerprint density at radius 1 is 1.14 bits per heavy atom. The lowest BCUT2D eigenvalue weighted by molar-refractivity contribution is 0.581. The Kier molecular flexibility index (Phi) is 3.75. The van der Waals surface area contributed by atoms with Gasteiger partial charge in [-0.25, -0.2) is 18.1 Å². The molecule has 1 N–H and O–H groups in total. The second kappa shape index (κ2) is 5.55. The van der Waals surface area contributed by atoms with Gasteiger partial charge in [0.15, 0.2) is 0 Å². The zero-order valence-electron chi connectivity index (χ0n) is 11.4. The molecule has 0 unspecified atom stereocenters. The number of thiazole rings is 1. The molecule has 3 rings (SSSR count). The first-order valence-corrected chi connectivity index (χ1v) is 8.81. The summed E-state index contributed by atoms with van der Waals surface area (Å²) in [6.07, 6.45) is 0. The van der Waals surface area contributed by atoms with Crippen LogP contribution in [0.1, 0.15) is 10.7 Å². The summed E-state index contributed by atoms with van der Waals surface area (Å²) in [7, 11) is -3.56. The SMILES string of the molecule is Cc1nc(CNS(=O)(=O)c2cccc3ccccc23)cs1. The molecular weight excluding hydrogens is 304 g/mol. The second-order valence-corrected chi connectivity index (χ2v) is 7.46. The minimum absolute atomic E-state index is 0.204. The Hall–Kier alpha value is -1.76. The first-order valence-electron chi connectivity index (χ1n) is 6.45. The van der Waals surface area contributed by atoms with Crippen molar-refractivity contribution in [1.29, 1.82) is 0 Å². The van der Waals surface area contributed by atoms with E-state index in [2.05, 4.69) is 9.71 Å². The highest BCUT2D eigenvalue weighted by molar-refractivity contribution is 7.89. The maximum atomic E-state index is 12.5. The van der Waals surface area contributed by atoms with Gasteiger partial charge in [0.2, 0.25) is 10.0 Å². The van der Waals surface area contributed by atoms with Gasteiger partial charge in [0.25, 0.3) is 0 Å². The Morgan fingerprint density at radius 2 is 1.90 bits per heavy atom. The highest BCUT2D eigenvalue weighted by Gasteiger charge is 2.17. The summed E-state index contributed by atoms with van der Waals surface area (Å²) < 4.78 is 27.6. The van der Waals surface area contributed by atoms with Gasteiger partial charge in [0.05, 0.1) is 22.1 Å². The largest absolute Gasteiger partial charge is 0.245 e. The standard InChI is InChI=1S/C15H14N2O2S2/c1-11-17-13(10-20-11)9-16-21(18,19)15-8-4-6-12-5-2-3-7-14(12)15/h2-8,10,16H,9H2,1H3. The molecule has 0 spiro atoms. The Balaban J connectivity index is 1.93. The van der Waals surface area contributed by atoms with Crippen molar-refractivity contribution >= 4 is 32.1 Å². The van der Waals surface area contributed by atoms with Crippen LogP contribution in [0, 0.1) is 6.92 Å². The third-order valence-corrected chi connectivity index (χ3v) is 5.43. The van der Waals surface area contributed by atoms with Crippen molar-refractivity contribution in [2.75, 3.05) is 0 Å². The first kappa shape index (κ1) is 14.2. The van der Waals surface area contributed by atoms with E-state index in [4.69, 9.17) is 0 Å². The molecule has 1 heterocycles. The maximum absolute atomic E-state index is 12.5. The fraction of sp³-hybridized carbons (Fsp3) is 0.133. The number of aryl methyl sites for hydroxylation is 1. The highest BCUT2D eigenvalue weighted by atomic mass is 32.2. The van der Waals surface area contributed by atoms with Crippen molar-refractivity contribution in [1.82, 2.24) is 9.71 Å². The van der Waals surface area contributed by atoms with Gasteiger partial charge in [-0.3, -0.25) is 0 Å². The average Bonchev–Trinajstić information content (AvgIpc) is 2.90. The number of rotatable bonds is 4.